The van der Waals surface area contributed by atoms with Crippen molar-refractivity contribution in [1.29, 1.82) is 0 Å². The molecular formula is C12H17NO4. The van der Waals surface area contributed by atoms with Crippen molar-refractivity contribution < 1.29 is 19.7 Å². The molecule has 1 rings (SSSR count). The molecule has 0 atom stereocenters. The molecule has 0 aliphatic rings. The van der Waals surface area contributed by atoms with Crippen molar-refractivity contribution in [2.24, 2.45) is 0 Å². The first-order valence-electron chi connectivity index (χ1n) is 5.25. The number of hydrogen-bond donors (Lipinski definition) is 3. The molecule has 1 aromatic rings. The predicted octanol–water partition coefficient (Wildman–Crippen LogP) is 2.12. The zero-order chi connectivity index (χ0) is 13.1. The summed E-state index contributed by atoms with van der Waals surface area (Å²) in [6.07, 6.45) is -0.551. The first-order chi connectivity index (χ1) is 7.78. The van der Waals surface area contributed by atoms with Gasteiger partial charge in [-0.15, -0.1) is 0 Å². The van der Waals surface area contributed by atoms with Crippen LogP contribution in [0.25, 0.3) is 0 Å². The fourth-order valence-corrected chi connectivity index (χ4v) is 1.18. The minimum atomic E-state index is -0.554. The lowest BCUT2D eigenvalue weighted by atomic mass is 10.2. The number of ether oxygens (including phenoxy) is 1. The first kappa shape index (κ1) is 13.2. The van der Waals surface area contributed by atoms with Crippen LogP contribution in [-0.4, -0.2) is 21.9 Å². The Hall–Kier alpha value is -1.91. The fourth-order valence-electron chi connectivity index (χ4n) is 1.18. The van der Waals surface area contributed by atoms with Crippen molar-refractivity contribution in [3.63, 3.8) is 0 Å². The lowest BCUT2D eigenvalue weighted by molar-refractivity contribution is 0.0523. The van der Waals surface area contributed by atoms with E-state index in [1.54, 1.807) is 20.8 Å². The standard InChI is InChI=1S/C12H17NO4/c1-12(2,3)17-11(16)13-7-8-4-5-9(14)6-10(8)15/h4-6,14-15H,7H2,1-3H3,(H,13,16). The van der Waals surface area contributed by atoms with E-state index in [2.05, 4.69) is 5.32 Å². The van der Waals surface area contributed by atoms with Gasteiger partial charge in [0.1, 0.15) is 17.1 Å². The maximum absolute atomic E-state index is 11.3. The summed E-state index contributed by atoms with van der Waals surface area (Å²) in [5.74, 6) is -0.0930. The average Bonchev–Trinajstić information content (AvgIpc) is 2.13. The van der Waals surface area contributed by atoms with Gasteiger partial charge in [-0.1, -0.05) is 0 Å². The quantitative estimate of drug-likeness (QED) is 0.738. The monoisotopic (exact) mass is 239 g/mol. The second-order valence-electron chi connectivity index (χ2n) is 4.67. The largest absolute Gasteiger partial charge is 0.508 e. The van der Waals surface area contributed by atoms with Gasteiger partial charge in [-0.3, -0.25) is 0 Å². The van der Waals surface area contributed by atoms with E-state index in [0.717, 1.165) is 0 Å². The van der Waals surface area contributed by atoms with Crippen LogP contribution < -0.4 is 5.32 Å². The lowest BCUT2D eigenvalue weighted by Crippen LogP contribution is -2.32. The number of alkyl carbamates (subject to hydrolysis) is 1. The summed E-state index contributed by atoms with van der Waals surface area (Å²) in [5.41, 5.74) is -0.0465. The van der Waals surface area contributed by atoms with E-state index < -0.39 is 11.7 Å². The lowest BCUT2D eigenvalue weighted by Gasteiger charge is -2.19. The Morgan fingerprint density at radius 3 is 2.53 bits per heavy atom. The molecule has 0 aromatic heterocycles. The summed E-state index contributed by atoms with van der Waals surface area (Å²) in [5, 5.41) is 21.1. The minimum Gasteiger partial charge on any atom is -0.508 e. The summed E-state index contributed by atoms with van der Waals surface area (Å²) in [6, 6.07) is 4.18. The molecule has 5 heteroatoms. The highest BCUT2D eigenvalue weighted by Gasteiger charge is 2.16. The Morgan fingerprint density at radius 2 is 2.00 bits per heavy atom. The van der Waals surface area contributed by atoms with Gasteiger partial charge in [-0.2, -0.15) is 0 Å². The van der Waals surface area contributed by atoms with E-state index >= 15 is 0 Å². The van der Waals surface area contributed by atoms with Gasteiger partial charge in [0.25, 0.3) is 0 Å². The maximum Gasteiger partial charge on any atom is 0.407 e. The van der Waals surface area contributed by atoms with Gasteiger partial charge in [0.2, 0.25) is 0 Å². The predicted molar refractivity (Wildman–Crippen MR) is 62.8 cm³/mol. The van der Waals surface area contributed by atoms with Crippen molar-refractivity contribution in [1.82, 2.24) is 5.32 Å². The van der Waals surface area contributed by atoms with Gasteiger partial charge in [0.05, 0.1) is 0 Å². The number of phenols is 2. The second-order valence-corrected chi connectivity index (χ2v) is 4.67. The number of carbonyl (C=O) groups excluding carboxylic acids is 1. The number of phenolic OH excluding ortho intramolecular Hbond substituents is 2. The zero-order valence-corrected chi connectivity index (χ0v) is 10.2. The molecule has 0 saturated heterocycles. The summed E-state index contributed by atoms with van der Waals surface area (Å²) >= 11 is 0. The molecule has 0 bridgehead atoms. The van der Waals surface area contributed by atoms with Crippen LogP contribution in [0, 0.1) is 0 Å². The number of hydrogen-bond acceptors (Lipinski definition) is 4. The summed E-state index contributed by atoms with van der Waals surface area (Å²) in [7, 11) is 0. The van der Waals surface area contributed by atoms with Crippen LogP contribution in [0.1, 0.15) is 26.3 Å². The van der Waals surface area contributed by atoms with Crippen molar-refractivity contribution in [3.8, 4) is 11.5 Å². The van der Waals surface area contributed by atoms with Crippen LogP contribution in [0.15, 0.2) is 18.2 Å². The zero-order valence-electron chi connectivity index (χ0n) is 10.2. The summed E-state index contributed by atoms with van der Waals surface area (Å²) < 4.78 is 5.04. The van der Waals surface area contributed by atoms with Crippen molar-refractivity contribution in [3.05, 3.63) is 23.8 Å². The third-order valence-corrected chi connectivity index (χ3v) is 1.89. The number of nitrogens with one attached hydrogen (secondary N) is 1. The van der Waals surface area contributed by atoms with Gasteiger partial charge in [-0.05, 0) is 32.9 Å². The molecule has 0 spiro atoms. The van der Waals surface area contributed by atoms with Gasteiger partial charge in [-0.25, -0.2) is 4.79 Å². The molecule has 0 aliphatic heterocycles. The Morgan fingerprint density at radius 1 is 1.35 bits per heavy atom. The van der Waals surface area contributed by atoms with E-state index in [-0.39, 0.29) is 18.0 Å². The molecule has 0 saturated carbocycles. The molecule has 94 valence electrons. The highest BCUT2D eigenvalue weighted by molar-refractivity contribution is 5.67. The Bertz CT molecular complexity index is 409. The third-order valence-electron chi connectivity index (χ3n) is 1.89. The third kappa shape index (κ3) is 4.63. The number of amides is 1. The molecule has 1 aromatic carbocycles. The second kappa shape index (κ2) is 4.95. The fraction of sp³-hybridized carbons (Fsp3) is 0.417. The van der Waals surface area contributed by atoms with Gasteiger partial charge in [0, 0.05) is 18.2 Å². The molecule has 0 aliphatic carbocycles. The van der Waals surface area contributed by atoms with E-state index in [1.165, 1.54) is 18.2 Å². The van der Waals surface area contributed by atoms with Crippen LogP contribution in [0.4, 0.5) is 4.79 Å². The van der Waals surface area contributed by atoms with Gasteiger partial charge in [0.15, 0.2) is 0 Å². The first-order valence-corrected chi connectivity index (χ1v) is 5.25. The molecule has 5 nitrogen and oxygen atoms in total. The van der Waals surface area contributed by atoms with Crippen molar-refractivity contribution in [2.45, 2.75) is 32.9 Å². The normalized spacial score (nSPS) is 11.0. The van der Waals surface area contributed by atoms with Crippen LogP contribution in [0.3, 0.4) is 0 Å². The van der Waals surface area contributed by atoms with E-state index in [1.807, 2.05) is 0 Å². The highest BCUT2D eigenvalue weighted by atomic mass is 16.6. The Balaban J connectivity index is 2.53. The summed E-state index contributed by atoms with van der Waals surface area (Å²) in [4.78, 5) is 11.3. The molecule has 3 N–H and O–H groups in total. The SMILES string of the molecule is CC(C)(C)OC(=O)NCc1ccc(O)cc1O. The molecule has 17 heavy (non-hydrogen) atoms. The molecule has 0 radical (unpaired) electrons. The van der Waals surface area contributed by atoms with Crippen molar-refractivity contribution in [2.75, 3.05) is 0 Å². The number of rotatable bonds is 2. The van der Waals surface area contributed by atoms with Crippen LogP contribution in [0.2, 0.25) is 0 Å². The topological polar surface area (TPSA) is 78.8 Å². The molecule has 0 heterocycles. The van der Waals surface area contributed by atoms with Crippen LogP contribution >= 0.6 is 0 Å². The molecule has 0 unspecified atom stereocenters. The van der Waals surface area contributed by atoms with Gasteiger partial charge >= 0.3 is 6.09 Å². The Labute approximate surface area is 100 Å². The van der Waals surface area contributed by atoms with Crippen molar-refractivity contribution >= 4 is 6.09 Å². The minimum absolute atomic E-state index is 0.0245. The smallest absolute Gasteiger partial charge is 0.407 e. The average molecular weight is 239 g/mol. The molecule has 1 amide bonds. The number of carbonyl (C=O) groups is 1. The van der Waals surface area contributed by atoms with E-state index in [9.17, 15) is 9.90 Å². The number of aromatic hydroxyl groups is 2. The summed E-state index contributed by atoms with van der Waals surface area (Å²) in [6.45, 7) is 5.45. The maximum atomic E-state index is 11.3. The van der Waals surface area contributed by atoms with Crippen LogP contribution in [0.5, 0.6) is 11.5 Å². The molecular weight excluding hydrogens is 222 g/mol. The highest BCUT2D eigenvalue weighted by Crippen LogP contribution is 2.22. The number of benzene rings is 1. The Kier molecular flexibility index (Phi) is 3.83. The molecule has 0 fully saturated rings. The van der Waals surface area contributed by atoms with Crippen LogP contribution in [-0.2, 0) is 11.3 Å². The van der Waals surface area contributed by atoms with E-state index in [0.29, 0.717) is 5.56 Å². The van der Waals surface area contributed by atoms with Gasteiger partial charge < -0.3 is 20.3 Å². The van der Waals surface area contributed by atoms with E-state index in [4.69, 9.17) is 9.84 Å².